The summed E-state index contributed by atoms with van der Waals surface area (Å²) >= 11 is 0. The minimum Gasteiger partial charge on any atom is -0.307 e. The van der Waals surface area contributed by atoms with Crippen molar-refractivity contribution in [3.8, 4) is 0 Å². The first-order valence-electron chi connectivity index (χ1n) is 7.72. The van der Waals surface area contributed by atoms with E-state index in [-0.39, 0.29) is 5.82 Å². The average molecular weight is 283 g/mol. The lowest BCUT2D eigenvalue weighted by atomic mass is 10.0. The maximum Gasteiger partial charge on any atom is 0.123 e. The highest BCUT2D eigenvalue weighted by molar-refractivity contribution is 5.37. The fourth-order valence-corrected chi connectivity index (χ4v) is 3.27. The molecular weight excluding hydrogens is 261 g/mol. The zero-order valence-corrected chi connectivity index (χ0v) is 12.7. The molecule has 3 rings (SSSR count). The molecule has 0 bridgehead atoms. The Bertz CT molecular complexity index is 618. The second-order valence-electron chi connectivity index (χ2n) is 6.19. The Balaban J connectivity index is 1.65. The van der Waals surface area contributed by atoms with Crippen LogP contribution in [-0.4, -0.2) is 6.04 Å². The van der Waals surface area contributed by atoms with Crippen molar-refractivity contribution in [2.75, 3.05) is 0 Å². The Hall–Kier alpha value is -1.67. The number of hydrogen-bond acceptors (Lipinski definition) is 1. The summed E-state index contributed by atoms with van der Waals surface area (Å²) in [6, 6.07) is 14.4. The zero-order chi connectivity index (χ0) is 14.8. The predicted octanol–water partition coefficient (Wildman–Crippen LogP) is 4.34. The molecule has 2 aromatic carbocycles. The lowest BCUT2D eigenvalue weighted by molar-refractivity contribution is 0.451. The summed E-state index contributed by atoms with van der Waals surface area (Å²) in [6.07, 6.45) is 3.26. The molecule has 0 saturated heterocycles. The molecule has 2 heteroatoms. The number of hydrogen-bond donors (Lipinski definition) is 1. The van der Waals surface area contributed by atoms with Crippen LogP contribution < -0.4 is 5.32 Å². The summed E-state index contributed by atoms with van der Waals surface area (Å²) in [6.45, 7) is 4.36. The highest BCUT2D eigenvalue weighted by Crippen LogP contribution is 2.32. The number of aryl methyl sites for hydroxylation is 2. The molecule has 0 fully saturated rings. The second-order valence-corrected chi connectivity index (χ2v) is 6.19. The van der Waals surface area contributed by atoms with Crippen LogP contribution in [0.1, 0.15) is 41.6 Å². The van der Waals surface area contributed by atoms with Crippen molar-refractivity contribution in [2.24, 2.45) is 0 Å². The third kappa shape index (κ3) is 3.33. The van der Waals surface area contributed by atoms with Crippen LogP contribution in [0.5, 0.6) is 0 Å². The molecule has 1 nitrogen and oxygen atoms in total. The minimum absolute atomic E-state index is 0.167. The third-order valence-electron chi connectivity index (χ3n) is 4.32. The molecule has 0 saturated carbocycles. The Morgan fingerprint density at radius 3 is 2.71 bits per heavy atom. The average Bonchev–Trinajstić information content (AvgIpc) is 2.84. The Morgan fingerprint density at radius 1 is 1.19 bits per heavy atom. The second kappa shape index (κ2) is 5.98. The normalized spacial score (nSPS) is 18.5. The van der Waals surface area contributed by atoms with E-state index < -0.39 is 0 Å². The van der Waals surface area contributed by atoms with Gasteiger partial charge in [-0.05, 0) is 61.9 Å². The summed E-state index contributed by atoms with van der Waals surface area (Å²) in [5, 5.41) is 3.73. The molecule has 110 valence electrons. The van der Waals surface area contributed by atoms with Gasteiger partial charge in [0, 0.05) is 12.1 Å². The molecule has 0 amide bonds. The van der Waals surface area contributed by atoms with E-state index in [2.05, 4.69) is 37.4 Å². The van der Waals surface area contributed by atoms with Gasteiger partial charge in [-0.15, -0.1) is 0 Å². The van der Waals surface area contributed by atoms with Gasteiger partial charge in [0.15, 0.2) is 0 Å². The maximum absolute atomic E-state index is 12.9. The van der Waals surface area contributed by atoms with Crippen molar-refractivity contribution in [3.05, 3.63) is 70.5 Å². The Kier molecular flexibility index (Phi) is 4.07. The number of nitrogens with one attached hydrogen (secondary N) is 1. The summed E-state index contributed by atoms with van der Waals surface area (Å²) in [5.41, 5.74) is 5.44. The molecule has 1 N–H and O–H groups in total. The first-order valence-corrected chi connectivity index (χ1v) is 7.72. The van der Waals surface area contributed by atoms with Crippen molar-refractivity contribution in [1.82, 2.24) is 5.32 Å². The van der Waals surface area contributed by atoms with Crippen LogP contribution in [-0.2, 0) is 12.8 Å². The molecule has 2 unspecified atom stereocenters. The summed E-state index contributed by atoms with van der Waals surface area (Å²) in [5.74, 6) is -0.167. The number of halogens is 1. The summed E-state index contributed by atoms with van der Waals surface area (Å²) in [4.78, 5) is 0. The molecule has 0 spiro atoms. The Labute approximate surface area is 126 Å². The molecule has 21 heavy (non-hydrogen) atoms. The van der Waals surface area contributed by atoms with Gasteiger partial charge >= 0.3 is 0 Å². The van der Waals surface area contributed by atoms with Crippen LogP contribution in [0.2, 0.25) is 0 Å². The van der Waals surface area contributed by atoms with Crippen LogP contribution >= 0.6 is 0 Å². The van der Waals surface area contributed by atoms with Gasteiger partial charge in [0.25, 0.3) is 0 Å². The fraction of sp³-hybridized carbons (Fsp3) is 0.368. The molecule has 0 aliphatic heterocycles. The highest BCUT2D eigenvalue weighted by Gasteiger charge is 2.23. The summed E-state index contributed by atoms with van der Waals surface area (Å²) < 4.78 is 12.9. The molecule has 0 radical (unpaired) electrons. The number of fused-ring (bicyclic) bond motifs is 1. The van der Waals surface area contributed by atoms with Crippen LogP contribution in [0.4, 0.5) is 4.39 Å². The van der Waals surface area contributed by atoms with Crippen molar-refractivity contribution >= 4 is 0 Å². The predicted molar refractivity (Wildman–Crippen MR) is 84.9 cm³/mol. The lowest BCUT2D eigenvalue weighted by Crippen LogP contribution is -2.31. The quantitative estimate of drug-likeness (QED) is 0.880. The van der Waals surface area contributed by atoms with Gasteiger partial charge in [0.05, 0.1) is 0 Å². The maximum atomic E-state index is 12.9. The molecule has 0 heterocycles. The van der Waals surface area contributed by atoms with E-state index in [1.165, 1.54) is 40.8 Å². The van der Waals surface area contributed by atoms with Gasteiger partial charge in [0.2, 0.25) is 0 Å². The number of benzene rings is 2. The van der Waals surface area contributed by atoms with E-state index in [1.807, 2.05) is 12.1 Å². The lowest BCUT2D eigenvalue weighted by Gasteiger charge is -2.21. The van der Waals surface area contributed by atoms with E-state index >= 15 is 0 Å². The third-order valence-corrected chi connectivity index (χ3v) is 4.32. The first-order chi connectivity index (χ1) is 10.1. The van der Waals surface area contributed by atoms with Gasteiger partial charge in [0.1, 0.15) is 5.82 Å². The van der Waals surface area contributed by atoms with E-state index in [0.717, 1.165) is 12.8 Å². The molecule has 1 aliphatic rings. The van der Waals surface area contributed by atoms with Gasteiger partial charge in [-0.25, -0.2) is 4.39 Å². The summed E-state index contributed by atoms with van der Waals surface area (Å²) in [7, 11) is 0. The van der Waals surface area contributed by atoms with Crippen LogP contribution in [0, 0.1) is 12.7 Å². The SMILES string of the molecule is Cc1ccc2c(c1)C(NC(C)Cc1ccc(F)cc1)CC2. The van der Waals surface area contributed by atoms with Crippen LogP contribution in [0.25, 0.3) is 0 Å². The van der Waals surface area contributed by atoms with E-state index in [0.29, 0.717) is 12.1 Å². The van der Waals surface area contributed by atoms with E-state index in [9.17, 15) is 4.39 Å². The van der Waals surface area contributed by atoms with E-state index in [1.54, 1.807) is 0 Å². The van der Waals surface area contributed by atoms with Gasteiger partial charge < -0.3 is 5.32 Å². The Morgan fingerprint density at radius 2 is 1.95 bits per heavy atom. The first kappa shape index (κ1) is 14.3. The van der Waals surface area contributed by atoms with Crippen molar-refractivity contribution in [2.45, 2.75) is 45.2 Å². The van der Waals surface area contributed by atoms with Crippen LogP contribution in [0.15, 0.2) is 42.5 Å². The largest absolute Gasteiger partial charge is 0.307 e. The van der Waals surface area contributed by atoms with Gasteiger partial charge in [-0.2, -0.15) is 0 Å². The smallest absolute Gasteiger partial charge is 0.123 e. The minimum atomic E-state index is -0.167. The van der Waals surface area contributed by atoms with E-state index in [4.69, 9.17) is 0 Å². The number of rotatable bonds is 4. The monoisotopic (exact) mass is 283 g/mol. The molecular formula is C19H22FN. The fourth-order valence-electron chi connectivity index (χ4n) is 3.27. The van der Waals surface area contributed by atoms with Gasteiger partial charge in [-0.3, -0.25) is 0 Å². The standard InChI is InChI=1S/C19H22FN/c1-13-3-6-16-7-10-19(18(16)11-13)21-14(2)12-15-4-8-17(20)9-5-15/h3-6,8-9,11,14,19,21H,7,10,12H2,1-2H3. The topological polar surface area (TPSA) is 12.0 Å². The van der Waals surface area contributed by atoms with Gasteiger partial charge in [-0.1, -0.05) is 35.9 Å². The highest BCUT2D eigenvalue weighted by atomic mass is 19.1. The van der Waals surface area contributed by atoms with Crippen molar-refractivity contribution in [1.29, 1.82) is 0 Å². The van der Waals surface area contributed by atoms with Crippen molar-refractivity contribution in [3.63, 3.8) is 0 Å². The van der Waals surface area contributed by atoms with Crippen molar-refractivity contribution < 1.29 is 4.39 Å². The molecule has 2 atom stereocenters. The molecule has 2 aromatic rings. The van der Waals surface area contributed by atoms with Crippen LogP contribution in [0.3, 0.4) is 0 Å². The molecule has 0 aromatic heterocycles. The zero-order valence-electron chi connectivity index (χ0n) is 12.7. The molecule has 1 aliphatic carbocycles.